The minimum atomic E-state index is 0.543. The topological polar surface area (TPSA) is 54.7 Å². The second-order valence-corrected chi connectivity index (χ2v) is 5.31. The zero-order valence-corrected chi connectivity index (χ0v) is 12.0. The molecule has 0 aliphatic carbocycles. The van der Waals surface area contributed by atoms with Crippen molar-refractivity contribution in [1.82, 2.24) is 10.2 Å². The Balaban J connectivity index is 1.72. The van der Waals surface area contributed by atoms with Crippen molar-refractivity contribution >= 4 is 16.7 Å². The summed E-state index contributed by atoms with van der Waals surface area (Å²) in [5.74, 6) is 0.543. The largest absolute Gasteiger partial charge is 0.382 e. The molecule has 0 radical (unpaired) electrons. The lowest BCUT2D eigenvalue weighted by Crippen LogP contribution is -1.83. The first-order chi connectivity index (χ1) is 10.8. The molecular formula is C19H15N3. The zero-order valence-electron chi connectivity index (χ0n) is 12.0. The Morgan fingerprint density at radius 3 is 2.00 bits per heavy atom. The van der Waals surface area contributed by atoms with Crippen molar-refractivity contribution in [1.29, 1.82) is 0 Å². The number of hydrogen-bond acceptors (Lipinski definition) is 2. The molecule has 0 aliphatic heterocycles. The maximum absolute atomic E-state index is 5.81. The van der Waals surface area contributed by atoms with Crippen LogP contribution in [0.25, 0.3) is 33.2 Å². The van der Waals surface area contributed by atoms with E-state index in [2.05, 4.69) is 70.9 Å². The van der Waals surface area contributed by atoms with Crippen molar-refractivity contribution in [2.24, 2.45) is 0 Å². The maximum atomic E-state index is 5.81. The van der Waals surface area contributed by atoms with Crippen LogP contribution < -0.4 is 5.73 Å². The van der Waals surface area contributed by atoms with Crippen LogP contribution in [0.4, 0.5) is 5.82 Å². The number of aromatic nitrogens is 2. The summed E-state index contributed by atoms with van der Waals surface area (Å²) in [6.45, 7) is 0. The van der Waals surface area contributed by atoms with Crippen LogP contribution in [-0.2, 0) is 0 Å². The average Bonchev–Trinajstić information content (AvgIpc) is 2.96. The van der Waals surface area contributed by atoms with E-state index in [1.165, 1.54) is 16.7 Å². The zero-order chi connectivity index (χ0) is 14.9. The summed E-state index contributed by atoms with van der Waals surface area (Å²) in [6, 6.07) is 25.1. The molecule has 3 N–H and O–H groups in total. The lowest BCUT2D eigenvalue weighted by molar-refractivity contribution is 1.13. The molecule has 3 nitrogen and oxygen atoms in total. The molecule has 0 bridgehead atoms. The summed E-state index contributed by atoms with van der Waals surface area (Å²) < 4.78 is 0. The van der Waals surface area contributed by atoms with Gasteiger partial charge in [0.15, 0.2) is 5.82 Å². The number of nitrogen functional groups attached to an aromatic ring is 1. The molecule has 0 saturated heterocycles. The van der Waals surface area contributed by atoms with Crippen LogP contribution in [0.15, 0.2) is 72.8 Å². The number of aromatic amines is 1. The third-order valence-electron chi connectivity index (χ3n) is 3.92. The quantitative estimate of drug-likeness (QED) is 0.570. The second kappa shape index (κ2) is 5.04. The Kier molecular flexibility index (Phi) is 2.90. The Hall–Kier alpha value is -3.07. The molecule has 0 atom stereocenters. The van der Waals surface area contributed by atoms with Gasteiger partial charge in [-0.15, -0.1) is 0 Å². The molecule has 0 spiro atoms. The molecule has 4 aromatic rings. The van der Waals surface area contributed by atoms with Crippen LogP contribution in [0.3, 0.4) is 0 Å². The van der Waals surface area contributed by atoms with Crippen molar-refractivity contribution < 1.29 is 0 Å². The fraction of sp³-hybridized carbons (Fsp3) is 0. The molecular weight excluding hydrogens is 270 g/mol. The molecule has 0 saturated carbocycles. The second-order valence-electron chi connectivity index (χ2n) is 5.31. The monoisotopic (exact) mass is 285 g/mol. The van der Waals surface area contributed by atoms with Crippen LogP contribution in [0.2, 0.25) is 0 Å². The molecule has 22 heavy (non-hydrogen) atoms. The molecule has 0 aliphatic rings. The summed E-state index contributed by atoms with van der Waals surface area (Å²) in [7, 11) is 0. The van der Waals surface area contributed by atoms with Gasteiger partial charge in [-0.05, 0) is 34.4 Å². The number of benzene rings is 3. The van der Waals surface area contributed by atoms with Gasteiger partial charge in [0.25, 0.3) is 0 Å². The summed E-state index contributed by atoms with van der Waals surface area (Å²) in [6.07, 6.45) is 0. The third-order valence-corrected chi connectivity index (χ3v) is 3.92. The van der Waals surface area contributed by atoms with Gasteiger partial charge in [0.05, 0.1) is 5.52 Å². The SMILES string of the molecule is Nc1n[nH]c2cc(-c3ccc(-c4ccccc4)cc3)ccc12. The molecule has 0 amide bonds. The first kappa shape index (κ1) is 12.7. The number of nitrogens with two attached hydrogens (primary N) is 1. The van der Waals surface area contributed by atoms with Gasteiger partial charge >= 0.3 is 0 Å². The Labute approximate surface area is 128 Å². The molecule has 1 aromatic heterocycles. The van der Waals surface area contributed by atoms with E-state index in [9.17, 15) is 0 Å². The standard InChI is InChI=1S/C19H15N3/c20-19-17-11-10-16(12-18(17)21-22-19)15-8-6-14(7-9-15)13-4-2-1-3-5-13/h1-12H,(H3,20,21,22). The number of nitrogens with one attached hydrogen (secondary N) is 1. The van der Waals surface area contributed by atoms with Crippen molar-refractivity contribution in [3.8, 4) is 22.3 Å². The first-order valence-electron chi connectivity index (χ1n) is 7.21. The van der Waals surface area contributed by atoms with Crippen LogP contribution in [0.5, 0.6) is 0 Å². The van der Waals surface area contributed by atoms with E-state index < -0.39 is 0 Å². The fourth-order valence-electron chi connectivity index (χ4n) is 2.71. The van der Waals surface area contributed by atoms with Gasteiger partial charge in [-0.3, -0.25) is 5.10 Å². The Morgan fingerprint density at radius 1 is 0.682 bits per heavy atom. The van der Waals surface area contributed by atoms with Gasteiger partial charge in [0, 0.05) is 5.39 Å². The number of hydrogen-bond donors (Lipinski definition) is 2. The normalized spacial score (nSPS) is 10.9. The van der Waals surface area contributed by atoms with Crippen LogP contribution in [0, 0.1) is 0 Å². The van der Waals surface area contributed by atoms with Gasteiger partial charge in [-0.2, -0.15) is 5.10 Å². The van der Waals surface area contributed by atoms with Crippen molar-refractivity contribution in [3.05, 3.63) is 72.8 Å². The molecule has 3 heteroatoms. The van der Waals surface area contributed by atoms with Crippen LogP contribution in [-0.4, -0.2) is 10.2 Å². The molecule has 0 unspecified atom stereocenters. The van der Waals surface area contributed by atoms with E-state index in [4.69, 9.17) is 5.73 Å². The van der Waals surface area contributed by atoms with E-state index in [-0.39, 0.29) is 0 Å². The predicted octanol–water partition coefficient (Wildman–Crippen LogP) is 4.48. The average molecular weight is 285 g/mol. The van der Waals surface area contributed by atoms with Crippen molar-refractivity contribution in [3.63, 3.8) is 0 Å². The highest BCUT2D eigenvalue weighted by Gasteiger charge is 2.05. The number of nitrogens with zero attached hydrogens (tertiary/aromatic N) is 1. The van der Waals surface area contributed by atoms with Crippen molar-refractivity contribution in [2.75, 3.05) is 5.73 Å². The minimum Gasteiger partial charge on any atom is -0.382 e. The van der Waals surface area contributed by atoms with E-state index >= 15 is 0 Å². The van der Waals surface area contributed by atoms with Gasteiger partial charge in [-0.1, -0.05) is 60.7 Å². The van der Waals surface area contributed by atoms with E-state index in [0.717, 1.165) is 16.5 Å². The van der Waals surface area contributed by atoms with E-state index in [0.29, 0.717) is 5.82 Å². The highest BCUT2D eigenvalue weighted by Crippen LogP contribution is 2.28. The number of H-pyrrole nitrogens is 1. The van der Waals surface area contributed by atoms with Gasteiger partial charge in [-0.25, -0.2) is 0 Å². The summed E-state index contributed by atoms with van der Waals surface area (Å²) >= 11 is 0. The molecule has 3 aromatic carbocycles. The highest BCUT2D eigenvalue weighted by atomic mass is 15.1. The molecule has 0 fully saturated rings. The molecule has 4 rings (SSSR count). The van der Waals surface area contributed by atoms with Gasteiger partial charge < -0.3 is 5.73 Å². The minimum absolute atomic E-state index is 0.543. The molecule has 106 valence electrons. The van der Waals surface area contributed by atoms with E-state index in [1.807, 2.05) is 12.1 Å². The summed E-state index contributed by atoms with van der Waals surface area (Å²) in [4.78, 5) is 0. The third kappa shape index (κ3) is 2.13. The lowest BCUT2D eigenvalue weighted by Gasteiger charge is -2.05. The lowest BCUT2D eigenvalue weighted by atomic mass is 10.00. The smallest absolute Gasteiger partial charge is 0.153 e. The van der Waals surface area contributed by atoms with Gasteiger partial charge in [0.2, 0.25) is 0 Å². The Morgan fingerprint density at radius 2 is 1.27 bits per heavy atom. The van der Waals surface area contributed by atoms with Gasteiger partial charge in [0.1, 0.15) is 0 Å². The Bertz CT molecular complexity index is 922. The van der Waals surface area contributed by atoms with Crippen molar-refractivity contribution in [2.45, 2.75) is 0 Å². The maximum Gasteiger partial charge on any atom is 0.153 e. The number of rotatable bonds is 2. The first-order valence-corrected chi connectivity index (χ1v) is 7.21. The number of anilines is 1. The van der Waals surface area contributed by atoms with Crippen LogP contribution >= 0.6 is 0 Å². The predicted molar refractivity (Wildman–Crippen MR) is 91.4 cm³/mol. The van der Waals surface area contributed by atoms with Crippen LogP contribution in [0.1, 0.15) is 0 Å². The highest BCUT2D eigenvalue weighted by molar-refractivity contribution is 5.91. The fourth-order valence-corrected chi connectivity index (χ4v) is 2.71. The summed E-state index contributed by atoms with van der Waals surface area (Å²) in [5, 5.41) is 7.96. The summed E-state index contributed by atoms with van der Waals surface area (Å²) in [5.41, 5.74) is 11.5. The number of fused-ring (bicyclic) bond motifs is 1. The van der Waals surface area contributed by atoms with E-state index in [1.54, 1.807) is 0 Å². The molecule has 1 heterocycles.